The predicted molar refractivity (Wildman–Crippen MR) is 135 cm³/mol. The van der Waals surface area contributed by atoms with Crippen LogP contribution in [0, 0.1) is 0 Å². The van der Waals surface area contributed by atoms with Gasteiger partial charge in [-0.3, -0.25) is 9.36 Å². The van der Waals surface area contributed by atoms with Crippen LogP contribution in [0.1, 0.15) is 41.4 Å². The van der Waals surface area contributed by atoms with Gasteiger partial charge in [0.1, 0.15) is 0 Å². The number of fused-ring (bicyclic) bond motifs is 1. The molecule has 8 nitrogen and oxygen atoms in total. The maximum absolute atomic E-state index is 13.6. The lowest BCUT2D eigenvalue weighted by molar-refractivity contribution is -0.139. The van der Waals surface area contributed by atoms with Crippen LogP contribution in [0.4, 0.5) is 5.69 Å². The zero-order valence-electron chi connectivity index (χ0n) is 19.8. The summed E-state index contributed by atoms with van der Waals surface area (Å²) < 4.78 is 7.28. The number of aromatic nitrogens is 1. The second-order valence-corrected chi connectivity index (χ2v) is 9.22. The molecule has 2 heterocycles. The van der Waals surface area contributed by atoms with Crippen LogP contribution in [0.5, 0.6) is 0 Å². The summed E-state index contributed by atoms with van der Waals surface area (Å²) in [5.74, 6) is -1.52. The number of nitrogens with zero attached hydrogens (tertiary/aromatic N) is 3. The molecule has 0 unspecified atom stereocenters. The zero-order valence-corrected chi connectivity index (χ0v) is 20.6. The molecule has 0 spiro atoms. The summed E-state index contributed by atoms with van der Waals surface area (Å²) in [7, 11) is 3.88. The Morgan fingerprint density at radius 1 is 1.14 bits per heavy atom. The van der Waals surface area contributed by atoms with Crippen LogP contribution in [0.15, 0.2) is 69.6 Å². The number of carboxylic acid groups (broad SMARTS) is 1. The first-order valence-corrected chi connectivity index (χ1v) is 11.8. The quantitative estimate of drug-likeness (QED) is 0.532. The molecule has 0 amide bonds. The molecule has 35 heavy (non-hydrogen) atoms. The average molecular weight is 492 g/mol. The molecule has 2 aromatic carbocycles. The van der Waals surface area contributed by atoms with E-state index in [1.807, 2.05) is 43.3 Å². The van der Waals surface area contributed by atoms with Gasteiger partial charge in [0.15, 0.2) is 4.80 Å². The van der Waals surface area contributed by atoms with Gasteiger partial charge >= 0.3 is 11.9 Å². The predicted octanol–water partition coefficient (Wildman–Crippen LogP) is 2.56. The number of carbonyl (C=O) groups excluding carboxylic acids is 1. The number of benzene rings is 2. The van der Waals surface area contributed by atoms with E-state index in [-0.39, 0.29) is 17.7 Å². The van der Waals surface area contributed by atoms with Gasteiger partial charge in [-0.25, -0.2) is 14.6 Å². The number of hydrogen-bond donors (Lipinski definition) is 1. The van der Waals surface area contributed by atoms with Gasteiger partial charge in [-0.15, -0.1) is 0 Å². The molecular formula is C26H25N3O5S. The monoisotopic (exact) mass is 491 g/mol. The lowest BCUT2D eigenvalue weighted by atomic mass is 9.95. The lowest BCUT2D eigenvalue weighted by Gasteiger charge is -2.25. The minimum absolute atomic E-state index is 0.166. The third-order valence-corrected chi connectivity index (χ3v) is 6.68. The van der Waals surface area contributed by atoms with Crippen molar-refractivity contribution < 1.29 is 19.4 Å². The van der Waals surface area contributed by atoms with Crippen LogP contribution in [0.3, 0.4) is 0 Å². The standard InChI is InChI=1S/C26H25N3O5S/c1-5-34-25(33)21-15(2)27-26-29(22(21)17-10-12-19(13-11-17)28(3)4)23(30)20(35-26)14-16-6-8-18(9-7-16)24(31)32/h6-14,22H,5H2,1-4H3,(H,31,32)/b20-14-/t22-/m1/s1. The molecular weight excluding hydrogens is 466 g/mol. The largest absolute Gasteiger partial charge is 0.478 e. The molecule has 0 fully saturated rings. The van der Waals surface area contributed by atoms with Crippen LogP contribution in [0.2, 0.25) is 0 Å². The molecule has 0 radical (unpaired) electrons. The highest BCUT2D eigenvalue weighted by Crippen LogP contribution is 2.31. The van der Waals surface area contributed by atoms with E-state index in [0.29, 0.717) is 26.2 Å². The Morgan fingerprint density at radius 3 is 2.37 bits per heavy atom. The van der Waals surface area contributed by atoms with Crippen LogP contribution < -0.4 is 19.8 Å². The SMILES string of the molecule is CCOC(=O)C1=C(C)N=c2s/c(=C\c3ccc(C(=O)O)cc3)c(=O)n2[C@@H]1c1ccc(N(C)C)cc1. The van der Waals surface area contributed by atoms with Crippen molar-refractivity contribution in [1.82, 2.24) is 4.57 Å². The Kier molecular flexibility index (Phi) is 6.70. The Morgan fingerprint density at radius 2 is 1.80 bits per heavy atom. The van der Waals surface area contributed by atoms with Crippen molar-refractivity contribution in [2.75, 3.05) is 25.6 Å². The number of hydrogen-bond acceptors (Lipinski definition) is 7. The van der Waals surface area contributed by atoms with Crippen LogP contribution in [-0.4, -0.2) is 42.3 Å². The normalized spacial score (nSPS) is 15.4. The number of rotatable bonds is 6. The van der Waals surface area contributed by atoms with Crippen molar-refractivity contribution in [2.45, 2.75) is 19.9 Å². The molecule has 1 N–H and O–H groups in total. The lowest BCUT2D eigenvalue weighted by Crippen LogP contribution is -2.39. The minimum atomic E-state index is -1.02. The van der Waals surface area contributed by atoms with Gasteiger partial charge < -0.3 is 14.7 Å². The number of carboxylic acids is 1. The van der Waals surface area contributed by atoms with Crippen molar-refractivity contribution in [3.05, 3.63) is 96.2 Å². The fraction of sp³-hybridized carbons (Fsp3) is 0.231. The minimum Gasteiger partial charge on any atom is -0.478 e. The molecule has 180 valence electrons. The Balaban J connectivity index is 1.89. The number of carbonyl (C=O) groups is 2. The smallest absolute Gasteiger partial charge is 0.338 e. The summed E-state index contributed by atoms with van der Waals surface area (Å²) in [5.41, 5.74) is 3.16. The van der Waals surface area contributed by atoms with E-state index in [0.717, 1.165) is 11.3 Å². The third kappa shape index (κ3) is 4.67. The summed E-state index contributed by atoms with van der Waals surface area (Å²) in [4.78, 5) is 44.7. The molecule has 0 saturated carbocycles. The van der Waals surface area contributed by atoms with E-state index in [1.54, 1.807) is 32.1 Å². The summed E-state index contributed by atoms with van der Waals surface area (Å²) in [5, 5.41) is 9.12. The third-order valence-electron chi connectivity index (χ3n) is 5.70. The second kappa shape index (κ2) is 9.71. The highest BCUT2D eigenvalue weighted by molar-refractivity contribution is 7.07. The summed E-state index contributed by atoms with van der Waals surface area (Å²) in [6, 6.07) is 13.3. The van der Waals surface area contributed by atoms with Crippen LogP contribution >= 0.6 is 11.3 Å². The molecule has 1 aromatic heterocycles. The second-order valence-electron chi connectivity index (χ2n) is 8.22. The van der Waals surface area contributed by atoms with E-state index in [4.69, 9.17) is 9.84 Å². The fourth-order valence-corrected chi connectivity index (χ4v) is 4.98. The van der Waals surface area contributed by atoms with E-state index >= 15 is 0 Å². The molecule has 1 atom stereocenters. The van der Waals surface area contributed by atoms with Crippen molar-refractivity contribution in [2.24, 2.45) is 4.99 Å². The first-order valence-electron chi connectivity index (χ1n) is 11.0. The van der Waals surface area contributed by atoms with Gasteiger partial charge in [0.05, 0.1) is 34.0 Å². The number of ether oxygens (including phenoxy) is 1. The number of anilines is 1. The Hall–Kier alpha value is -3.98. The number of allylic oxidation sites excluding steroid dienone is 1. The maximum atomic E-state index is 13.6. The molecule has 1 aliphatic heterocycles. The number of esters is 1. The van der Waals surface area contributed by atoms with Crippen molar-refractivity contribution in [1.29, 1.82) is 0 Å². The number of thiazole rings is 1. The Labute approximate surface area is 205 Å². The summed E-state index contributed by atoms with van der Waals surface area (Å²) in [6.07, 6.45) is 1.70. The molecule has 0 bridgehead atoms. The van der Waals surface area contributed by atoms with Crippen LogP contribution in [-0.2, 0) is 9.53 Å². The van der Waals surface area contributed by atoms with Crippen molar-refractivity contribution >= 4 is 35.0 Å². The molecule has 0 aliphatic carbocycles. The first kappa shape index (κ1) is 24.2. The average Bonchev–Trinajstić information content (AvgIpc) is 3.13. The molecule has 1 aliphatic rings. The zero-order chi connectivity index (χ0) is 25.3. The van der Waals surface area contributed by atoms with E-state index in [1.165, 1.54) is 28.0 Å². The highest BCUT2D eigenvalue weighted by atomic mass is 32.1. The first-order chi connectivity index (χ1) is 16.7. The van der Waals surface area contributed by atoms with Gasteiger partial charge in [0.25, 0.3) is 5.56 Å². The Bertz CT molecular complexity index is 1500. The molecule has 0 saturated heterocycles. The maximum Gasteiger partial charge on any atom is 0.338 e. The molecule has 3 aromatic rings. The number of aromatic carboxylic acids is 1. The highest BCUT2D eigenvalue weighted by Gasteiger charge is 2.33. The van der Waals surface area contributed by atoms with Gasteiger partial charge in [0.2, 0.25) is 0 Å². The van der Waals surface area contributed by atoms with E-state index in [9.17, 15) is 14.4 Å². The summed E-state index contributed by atoms with van der Waals surface area (Å²) >= 11 is 1.22. The summed E-state index contributed by atoms with van der Waals surface area (Å²) in [6.45, 7) is 3.69. The van der Waals surface area contributed by atoms with Gasteiger partial charge in [-0.05, 0) is 55.3 Å². The van der Waals surface area contributed by atoms with Crippen LogP contribution in [0.25, 0.3) is 6.08 Å². The van der Waals surface area contributed by atoms with Gasteiger partial charge in [-0.1, -0.05) is 35.6 Å². The molecule has 9 heteroatoms. The van der Waals surface area contributed by atoms with Gasteiger partial charge in [-0.2, -0.15) is 0 Å². The van der Waals surface area contributed by atoms with Gasteiger partial charge in [0, 0.05) is 19.8 Å². The molecule has 4 rings (SSSR count). The fourth-order valence-electron chi connectivity index (χ4n) is 3.93. The van der Waals surface area contributed by atoms with E-state index in [2.05, 4.69) is 4.99 Å². The van der Waals surface area contributed by atoms with Crippen molar-refractivity contribution in [3.8, 4) is 0 Å². The van der Waals surface area contributed by atoms with E-state index < -0.39 is 18.0 Å². The topological polar surface area (TPSA) is 101 Å². The van der Waals surface area contributed by atoms with Crippen molar-refractivity contribution in [3.63, 3.8) is 0 Å².